The fourth-order valence-corrected chi connectivity index (χ4v) is 4.92. The van der Waals surface area contributed by atoms with Crippen LogP contribution in [0.3, 0.4) is 0 Å². The quantitative estimate of drug-likeness (QED) is 0.394. The molecule has 0 spiro atoms. The molecular weight excluding hydrogens is 407 g/mol. The minimum atomic E-state index is -1.07. The average Bonchev–Trinajstić information content (AvgIpc) is 2.96. The van der Waals surface area contributed by atoms with Gasteiger partial charge in [0.15, 0.2) is 0 Å². The van der Waals surface area contributed by atoms with Crippen molar-refractivity contribution in [3.63, 3.8) is 0 Å². The monoisotopic (exact) mass is 427 g/mol. The maximum atomic E-state index is 12.4. The molecule has 6 nitrogen and oxygen atoms in total. The summed E-state index contributed by atoms with van der Waals surface area (Å²) >= 11 is -0.847. The second-order valence-electron chi connectivity index (χ2n) is 6.38. The molecule has 0 bridgehead atoms. The summed E-state index contributed by atoms with van der Waals surface area (Å²) in [7, 11) is 1.93. The molecule has 0 fully saturated rings. The van der Waals surface area contributed by atoms with Crippen LogP contribution >= 0.6 is 0 Å². The zero-order valence-electron chi connectivity index (χ0n) is 14.8. The number of carboxylic acids is 1. The molecule has 0 saturated heterocycles. The zero-order chi connectivity index (χ0) is 19.6. The fourth-order valence-electron chi connectivity index (χ4n) is 3.03. The number of aromatic carboxylic acids is 1. The van der Waals surface area contributed by atoms with Crippen LogP contribution in [-0.4, -0.2) is 47.2 Å². The molecule has 0 aliphatic carbocycles. The van der Waals surface area contributed by atoms with Gasteiger partial charge in [0.25, 0.3) is 0 Å². The van der Waals surface area contributed by atoms with Crippen LogP contribution in [0, 0.1) is 0 Å². The van der Waals surface area contributed by atoms with Crippen LogP contribution in [0.4, 0.5) is 5.69 Å². The number of aryl methyl sites for hydroxylation is 1. The number of hydrogen-bond donors (Lipinski definition) is 3. The zero-order valence-corrected chi connectivity index (χ0v) is 16.7. The van der Waals surface area contributed by atoms with Crippen molar-refractivity contribution in [2.45, 2.75) is 17.7 Å². The molecule has 0 amide bonds. The standard InChI is InChI=1S/C20H20AsN2O4/c1-23-11-14(15-4-2-3-5-17(15)23)9-18(24)19(25)21-10-13-8-12(20(26)27)6-7-16(13)22/h2-8,11,18,24H,9-10,22H2,1H3,(H,26,27). The third-order valence-corrected chi connectivity index (χ3v) is 6.80. The van der Waals surface area contributed by atoms with Crippen molar-refractivity contribution in [2.75, 3.05) is 5.73 Å². The Labute approximate surface area is 163 Å². The van der Waals surface area contributed by atoms with E-state index >= 15 is 0 Å². The molecule has 1 radical (unpaired) electrons. The molecule has 2 aromatic carbocycles. The van der Waals surface area contributed by atoms with Gasteiger partial charge in [-0.3, -0.25) is 0 Å². The Morgan fingerprint density at radius 2 is 1.93 bits per heavy atom. The van der Waals surface area contributed by atoms with Crippen LogP contribution in [-0.2, 0) is 23.5 Å². The Balaban J connectivity index is 1.68. The van der Waals surface area contributed by atoms with Crippen LogP contribution in [0.1, 0.15) is 21.5 Å². The summed E-state index contributed by atoms with van der Waals surface area (Å²) in [6, 6.07) is 12.3. The molecule has 139 valence electrons. The number of carbonyl (C=O) groups is 2. The van der Waals surface area contributed by atoms with Crippen LogP contribution in [0.25, 0.3) is 10.9 Å². The Kier molecular flexibility index (Phi) is 5.68. The predicted molar refractivity (Wildman–Crippen MR) is 105 cm³/mol. The third kappa shape index (κ3) is 4.23. The first-order chi connectivity index (χ1) is 12.9. The molecule has 4 N–H and O–H groups in total. The van der Waals surface area contributed by atoms with Gasteiger partial charge in [0.1, 0.15) is 0 Å². The van der Waals surface area contributed by atoms with Gasteiger partial charge in [0.05, 0.1) is 0 Å². The third-order valence-electron chi connectivity index (χ3n) is 4.47. The number of nitrogen functional groups attached to an aromatic ring is 1. The van der Waals surface area contributed by atoms with Gasteiger partial charge in [0, 0.05) is 0 Å². The topological polar surface area (TPSA) is 106 Å². The summed E-state index contributed by atoms with van der Waals surface area (Å²) in [6.45, 7) is 0. The first kappa shape index (κ1) is 19.2. The SMILES string of the molecule is Cn1cc(CC(O)C(=O)[As]Cc2cc(C(=O)O)ccc2N)c2ccccc21. The van der Waals surface area contributed by atoms with Crippen molar-refractivity contribution >= 4 is 42.9 Å². The Hall–Kier alpha value is -2.56. The van der Waals surface area contributed by atoms with Gasteiger partial charge < -0.3 is 0 Å². The number of carboxylic acid groups (broad SMARTS) is 1. The van der Waals surface area contributed by atoms with E-state index in [-0.39, 0.29) is 16.6 Å². The first-order valence-electron chi connectivity index (χ1n) is 8.41. The molecule has 1 unspecified atom stereocenters. The van der Waals surface area contributed by atoms with Crippen molar-refractivity contribution < 1.29 is 19.8 Å². The molecule has 3 rings (SSSR count). The van der Waals surface area contributed by atoms with E-state index < -0.39 is 27.8 Å². The average molecular weight is 427 g/mol. The van der Waals surface area contributed by atoms with Gasteiger partial charge in [-0.25, -0.2) is 0 Å². The number of rotatable bonds is 7. The van der Waals surface area contributed by atoms with Crippen molar-refractivity contribution in [1.29, 1.82) is 0 Å². The maximum absolute atomic E-state index is 12.4. The van der Waals surface area contributed by atoms with E-state index in [1.807, 2.05) is 42.1 Å². The number of fused-ring (bicyclic) bond motifs is 1. The van der Waals surface area contributed by atoms with Crippen LogP contribution in [0.2, 0.25) is 0 Å². The van der Waals surface area contributed by atoms with E-state index in [0.29, 0.717) is 16.5 Å². The molecule has 0 saturated carbocycles. The second kappa shape index (κ2) is 7.99. The van der Waals surface area contributed by atoms with E-state index in [1.54, 1.807) is 0 Å². The van der Waals surface area contributed by atoms with Crippen molar-refractivity contribution in [2.24, 2.45) is 7.05 Å². The van der Waals surface area contributed by atoms with E-state index in [0.717, 1.165) is 16.5 Å². The first-order valence-corrected chi connectivity index (χ1v) is 10.7. The van der Waals surface area contributed by atoms with Gasteiger partial charge in [-0.2, -0.15) is 0 Å². The van der Waals surface area contributed by atoms with Crippen LogP contribution < -0.4 is 5.73 Å². The van der Waals surface area contributed by atoms with Crippen LogP contribution in [0.5, 0.6) is 0 Å². The Morgan fingerprint density at radius 1 is 1.19 bits per heavy atom. The Morgan fingerprint density at radius 3 is 2.67 bits per heavy atom. The molecule has 7 heteroatoms. The number of para-hydroxylation sites is 1. The number of aromatic nitrogens is 1. The van der Waals surface area contributed by atoms with E-state index in [1.165, 1.54) is 18.2 Å². The van der Waals surface area contributed by atoms with E-state index in [9.17, 15) is 14.7 Å². The van der Waals surface area contributed by atoms with E-state index in [4.69, 9.17) is 10.8 Å². The normalized spacial score (nSPS) is 12.7. The summed E-state index contributed by atoms with van der Waals surface area (Å²) in [5.74, 6) is -1.03. The fraction of sp³-hybridized carbons (Fsp3) is 0.200. The number of anilines is 1. The summed E-state index contributed by atoms with van der Waals surface area (Å²) in [4.78, 5) is 23.5. The van der Waals surface area contributed by atoms with Gasteiger partial charge in [-0.05, 0) is 0 Å². The number of nitrogens with zero attached hydrogens (tertiary/aromatic N) is 1. The molecule has 27 heavy (non-hydrogen) atoms. The summed E-state index contributed by atoms with van der Waals surface area (Å²) in [5, 5.41) is 20.9. The Bertz CT molecular complexity index is 1010. The molecule has 1 atom stereocenters. The molecule has 3 aromatic rings. The molecule has 1 aromatic heterocycles. The van der Waals surface area contributed by atoms with Crippen molar-refractivity contribution in [1.82, 2.24) is 4.57 Å². The summed E-state index contributed by atoms with van der Waals surface area (Å²) in [6.07, 6.45) is 1.13. The minimum absolute atomic E-state index is 0.143. The molecule has 1 heterocycles. The number of aliphatic hydroxyl groups is 1. The van der Waals surface area contributed by atoms with Gasteiger partial charge in [-0.15, -0.1) is 0 Å². The van der Waals surface area contributed by atoms with Gasteiger partial charge in [-0.1, -0.05) is 0 Å². The van der Waals surface area contributed by atoms with Crippen molar-refractivity contribution in [3.05, 3.63) is 65.4 Å². The number of carbonyl (C=O) groups excluding carboxylic acids is 1. The summed E-state index contributed by atoms with van der Waals surface area (Å²) < 4.78 is 1.78. The molecule has 0 aliphatic heterocycles. The number of benzene rings is 2. The van der Waals surface area contributed by atoms with Crippen molar-refractivity contribution in [3.8, 4) is 0 Å². The van der Waals surface area contributed by atoms with Crippen LogP contribution in [0.15, 0.2) is 48.7 Å². The molecular formula is C20H20AsN2O4. The predicted octanol–water partition coefficient (Wildman–Crippen LogP) is 1.79. The van der Waals surface area contributed by atoms with Gasteiger partial charge >= 0.3 is 163 Å². The number of nitrogens with two attached hydrogens (primary N) is 1. The number of aliphatic hydroxyl groups excluding tert-OH is 1. The van der Waals surface area contributed by atoms with E-state index in [2.05, 4.69) is 0 Å². The molecule has 0 aliphatic rings. The van der Waals surface area contributed by atoms with Gasteiger partial charge in [0.2, 0.25) is 0 Å². The number of hydrogen-bond acceptors (Lipinski definition) is 4. The second-order valence-corrected chi connectivity index (χ2v) is 8.63. The summed E-state index contributed by atoms with van der Waals surface area (Å²) in [5.41, 5.74) is 9.12.